The fraction of sp³-hybridized carbons (Fsp3) is 0.692. The summed E-state index contributed by atoms with van der Waals surface area (Å²) in [4.78, 5) is 11.3. The third-order valence-corrected chi connectivity index (χ3v) is 2.82. The number of hydrogen-bond acceptors (Lipinski definition) is 4. The Bertz CT molecular complexity index is 397. The summed E-state index contributed by atoms with van der Waals surface area (Å²) in [6.45, 7) is 12.0. The SMILES string of the molecule is Cc1cc(C)nc(N2CC(C)OC(C)(C)C2)n1. The van der Waals surface area contributed by atoms with Crippen molar-refractivity contribution in [2.45, 2.75) is 46.3 Å². The first kappa shape index (κ1) is 12.3. The van der Waals surface area contributed by atoms with Crippen LogP contribution in [-0.2, 0) is 4.74 Å². The number of morpholine rings is 1. The molecule has 2 heterocycles. The number of aryl methyl sites for hydroxylation is 2. The Morgan fingerprint density at radius 1 is 1.29 bits per heavy atom. The molecule has 1 aliphatic heterocycles. The van der Waals surface area contributed by atoms with Gasteiger partial charge in [-0.2, -0.15) is 0 Å². The zero-order chi connectivity index (χ0) is 12.6. The summed E-state index contributed by atoms with van der Waals surface area (Å²) in [6.07, 6.45) is 0.211. The quantitative estimate of drug-likeness (QED) is 0.747. The highest BCUT2D eigenvalue weighted by atomic mass is 16.5. The Kier molecular flexibility index (Phi) is 3.08. The average molecular weight is 235 g/mol. The third-order valence-electron chi connectivity index (χ3n) is 2.82. The van der Waals surface area contributed by atoms with Gasteiger partial charge in [0, 0.05) is 24.5 Å². The van der Waals surface area contributed by atoms with Gasteiger partial charge < -0.3 is 9.64 Å². The molecule has 94 valence electrons. The summed E-state index contributed by atoms with van der Waals surface area (Å²) in [7, 11) is 0. The summed E-state index contributed by atoms with van der Waals surface area (Å²) in [5, 5.41) is 0. The molecule has 0 spiro atoms. The monoisotopic (exact) mass is 235 g/mol. The van der Waals surface area contributed by atoms with Crippen LogP contribution in [0, 0.1) is 13.8 Å². The van der Waals surface area contributed by atoms with Crippen molar-refractivity contribution in [2.24, 2.45) is 0 Å². The minimum atomic E-state index is -0.140. The predicted molar refractivity (Wildman–Crippen MR) is 68.3 cm³/mol. The normalized spacial score (nSPS) is 23.8. The number of rotatable bonds is 1. The van der Waals surface area contributed by atoms with Crippen molar-refractivity contribution in [3.05, 3.63) is 17.5 Å². The van der Waals surface area contributed by atoms with E-state index in [1.807, 2.05) is 19.9 Å². The van der Waals surface area contributed by atoms with Crippen LogP contribution in [0.3, 0.4) is 0 Å². The first-order valence-electron chi connectivity index (χ1n) is 6.11. The van der Waals surface area contributed by atoms with Gasteiger partial charge in [-0.25, -0.2) is 9.97 Å². The summed E-state index contributed by atoms with van der Waals surface area (Å²) in [5.41, 5.74) is 1.90. The third kappa shape index (κ3) is 2.94. The van der Waals surface area contributed by atoms with E-state index in [2.05, 4.69) is 35.6 Å². The summed E-state index contributed by atoms with van der Waals surface area (Å²) in [5.74, 6) is 0.825. The molecule has 17 heavy (non-hydrogen) atoms. The lowest BCUT2D eigenvalue weighted by Gasteiger charge is -2.41. The van der Waals surface area contributed by atoms with Gasteiger partial charge in [0.15, 0.2) is 0 Å². The predicted octanol–water partition coefficient (Wildman–Crippen LogP) is 2.10. The minimum absolute atomic E-state index is 0.140. The second-order valence-electron chi connectivity index (χ2n) is 5.52. The van der Waals surface area contributed by atoms with Gasteiger partial charge in [-0.1, -0.05) is 0 Å². The number of ether oxygens (including phenoxy) is 1. The molecule has 1 aromatic rings. The molecule has 1 atom stereocenters. The van der Waals surface area contributed by atoms with Crippen molar-refractivity contribution in [1.29, 1.82) is 0 Å². The molecule has 4 heteroatoms. The lowest BCUT2D eigenvalue weighted by molar-refractivity contribution is -0.0754. The van der Waals surface area contributed by atoms with Crippen LogP contribution in [0.15, 0.2) is 6.07 Å². The molecule has 1 saturated heterocycles. The van der Waals surface area contributed by atoms with E-state index in [4.69, 9.17) is 4.74 Å². The maximum Gasteiger partial charge on any atom is 0.225 e. The van der Waals surface area contributed by atoms with E-state index in [1.54, 1.807) is 0 Å². The standard InChI is InChI=1S/C13H21N3O/c1-9-6-10(2)15-12(14-9)16-7-11(3)17-13(4,5)8-16/h6,11H,7-8H2,1-5H3. The van der Waals surface area contributed by atoms with E-state index in [0.29, 0.717) is 0 Å². The minimum Gasteiger partial charge on any atom is -0.369 e. The van der Waals surface area contributed by atoms with E-state index in [-0.39, 0.29) is 11.7 Å². The lowest BCUT2D eigenvalue weighted by Crippen LogP contribution is -2.52. The van der Waals surface area contributed by atoms with E-state index >= 15 is 0 Å². The van der Waals surface area contributed by atoms with Crippen LogP contribution in [0.4, 0.5) is 5.95 Å². The van der Waals surface area contributed by atoms with Gasteiger partial charge in [-0.05, 0) is 40.7 Å². The van der Waals surface area contributed by atoms with Crippen molar-refractivity contribution in [1.82, 2.24) is 9.97 Å². The lowest BCUT2D eigenvalue weighted by atomic mass is 10.1. The van der Waals surface area contributed by atoms with Crippen LogP contribution < -0.4 is 4.90 Å². The van der Waals surface area contributed by atoms with Crippen LogP contribution in [0.1, 0.15) is 32.2 Å². The van der Waals surface area contributed by atoms with E-state index in [1.165, 1.54) is 0 Å². The van der Waals surface area contributed by atoms with Crippen LogP contribution in [0.2, 0.25) is 0 Å². The molecule has 1 aliphatic rings. The van der Waals surface area contributed by atoms with Gasteiger partial charge in [0.1, 0.15) is 0 Å². The Hall–Kier alpha value is -1.16. The molecule has 0 radical (unpaired) electrons. The molecule has 1 unspecified atom stereocenters. The first-order valence-corrected chi connectivity index (χ1v) is 6.11. The number of aromatic nitrogens is 2. The van der Waals surface area contributed by atoms with Gasteiger partial charge in [-0.15, -0.1) is 0 Å². The highest BCUT2D eigenvalue weighted by Crippen LogP contribution is 2.23. The molecular weight excluding hydrogens is 214 g/mol. The number of hydrogen-bond donors (Lipinski definition) is 0. The highest BCUT2D eigenvalue weighted by molar-refractivity contribution is 5.33. The molecule has 1 fully saturated rings. The van der Waals surface area contributed by atoms with Gasteiger partial charge in [0.2, 0.25) is 5.95 Å². The average Bonchev–Trinajstić information content (AvgIpc) is 2.12. The van der Waals surface area contributed by atoms with Gasteiger partial charge in [0.05, 0.1) is 11.7 Å². The van der Waals surface area contributed by atoms with E-state index in [9.17, 15) is 0 Å². The van der Waals surface area contributed by atoms with Crippen molar-refractivity contribution < 1.29 is 4.74 Å². The molecule has 1 aromatic heterocycles. The van der Waals surface area contributed by atoms with Crippen molar-refractivity contribution in [2.75, 3.05) is 18.0 Å². The second kappa shape index (κ2) is 4.26. The fourth-order valence-electron chi connectivity index (χ4n) is 2.45. The number of anilines is 1. The topological polar surface area (TPSA) is 38.2 Å². The maximum atomic E-state index is 5.89. The Morgan fingerprint density at radius 3 is 2.41 bits per heavy atom. The van der Waals surface area contributed by atoms with Crippen molar-refractivity contribution >= 4 is 5.95 Å². The first-order chi connectivity index (χ1) is 7.85. The van der Waals surface area contributed by atoms with Gasteiger partial charge in [-0.3, -0.25) is 0 Å². The van der Waals surface area contributed by atoms with E-state index in [0.717, 1.165) is 30.4 Å². The fourth-order valence-corrected chi connectivity index (χ4v) is 2.45. The van der Waals surface area contributed by atoms with Crippen LogP contribution in [-0.4, -0.2) is 34.8 Å². The van der Waals surface area contributed by atoms with Crippen LogP contribution in [0.25, 0.3) is 0 Å². The van der Waals surface area contributed by atoms with Gasteiger partial charge >= 0.3 is 0 Å². The summed E-state index contributed by atoms with van der Waals surface area (Å²) >= 11 is 0. The molecule has 0 aromatic carbocycles. The molecule has 4 nitrogen and oxygen atoms in total. The molecule has 0 aliphatic carbocycles. The number of nitrogens with zero attached hydrogens (tertiary/aromatic N) is 3. The highest BCUT2D eigenvalue weighted by Gasteiger charge is 2.32. The Balaban J connectivity index is 2.26. The smallest absolute Gasteiger partial charge is 0.225 e. The van der Waals surface area contributed by atoms with Crippen LogP contribution >= 0.6 is 0 Å². The molecule has 0 saturated carbocycles. The van der Waals surface area contributed by atoms with Gasteiger partial charge in [0.25, 0.3) is 0 Å². The van der Waals surface area contributed by atoms with Crippen molar-refractivity contribution in [3.8, 4) is 0 Å². The summed E-state index contributed by atoms with van der Waals surface area (Å²) in [6, 6.07) is 2.00. The molecule has 0 N–H and O–H groups in total. The van der Waals surface area contributed by atoms with Crippen LogP contribution in [0.5, 0.6) is 0 Å². The Morgan fingerprint density at radius 2 is 1.88 bits per heavy atom. The second-order valence-corrected chi connectivity index (χ2v) is 5.52. The maximum absolute atomic E-state index is 5.89. The van der Waals surface area contributed by atoms with E-state index < -0.39 is 0 Å². The zero-order valence-corrected chi connectivity index (χ0v) is 11.3. The summed E-state index contributed by atoms with van der Waals surface area (Å²) < 4.78 is 5.89. The molecule has 0 bridgehead atoms. The zero-order valence-electron chi connectivity index (χ0n) is 11.3. The Labute approximate surface area is 103 Å². The molecular formula is C13H21N3O. The largest absolute Gasteiger partial charge is 0.369 e. The van der Waals surface area contributed by atoms with Crippen molar-refractivity contribution in [3.63, 3.8) is 0 Å². The molecule has 0 amide bonds. The molecule has 2 rings (SSSR count).